The highest BCUT2D eigenvalue weighted by atomic mass is 35.5. The molecule has 0 spiro atoms. The fourth-order valence-corrected chi connectivity index (χ4v) is 2.09. The van der Waals surface area contributed by atoms with Gasteiger partial charge in [-0.2, -0.15) is 10.4 Å². The van der Waals surface area contributed by atoms with Gasteiger partial charge in [-0.25, -0.2) is 13.9 Å². The van der Waals surface area contributed by atoms with E-state index in [1.165, 1.54) is 29.0 Å². The van der Waals surface area contributed by atoms with Crippen LogP contribution in [0.1, 0.15) is 11.3 Å². The minimum absolute atomic E-state index is 0.286. The number of esters is 1. The van der Waals surface area contributed by atoms with Crippen LogP contribution in [0.15, 0.2) is 30.3 Å². The second-order valence-electron chi connectivity index (χ2n) is 4.28. The van der Waals surface area contributed by atoms with Crippen molar-refractivity contribution in [1.29, 1.82) is 5.26 Å². The summed E-state index contributed by atoms with van der Waals surface area (Å²) in [6.07, 6.45) is 2.63. The maximum atomic E-state index is 13.0. The van der Waals surface area contributed by atoms with Crippen LogP contribution in [0, 0.1) is 24.1 Å². The summed E-state index contributed by atoms with van der Waals surface area (Å²) in [6.45, 7) is 1.41. The molecule has 0 aliphatic rings. The number of hydrogen-bond acceptors (Lipinski definition) is 4. The lowest BCUT2D eigenvalue weighted by molar-refractivity contribution is -0.136. The topological polar surface area (TPSA) is 67.9 Å². The smallest absolute Gasteiger partial charge is 0.331 e. The molecule has 0 bridgehead atoms. The maximum absolute atomic E-state index is 13.0. The lowest BCUT2D eigenvalue weighted by Gasteiger charge is -2.02. The van der Waals surface area contributed by atoms with E-state index in [4.69, 9.17) is 16.9 Å². The molecular formula is C15H11ClFN3O2. The van der Waals surface area contributed by atoms with E-state index in [2.05, 4.69) is 9.84 Å². The second-order valence-corrected chi connectivity index (χ2v) is 4.64. The van der Waals surface area contributed by atoms with E-state index in [1.54, 1.807) is 25.1 Å². The van der Waals surface area contributed by atoms with Gasteiger partial charge in [0, 0.05) is 11.6 Å². The fraction of sp³-hybridized carbons (Fsp3) is 0.133. The first-order chi connectivity index (χ1) is 10.5. The predicted octanol–water partition coefficient (Wildman–Crippen LogP) is 3.05. The van der Waals surface area contributed by atoms with Gasteiger partial charge in [-0.15, -0.1) is 0 Å². The van der Waals surface area contributed by atoms with E-state index in [9.17, 15) is 9.18 Å². The molecular weight excluding hydrogens is 309 g/mol. The second kappa shape index (κ2) is 6.87. The molecule has 1 aromatic heterocycles. The number of aromatic nitrogens is 2. The van der Waals surface area contributed by atoms with Crippen molar-refractivity contribution in [1.82, 2.24) is 9.78 Å². The zero-order chi connectivity index (χ0) is 16.1. The average Bonchev–Trinajstić information content (AvgIpc) is 2.78. The summed E-state index contributed by atoms with van der Waals surface area (Å²) in [6, 6.07) is 7.39. The maximum Gasteiger partial charge on any atom is 0.331 e. The zero-order valence-corrected chi connectivity index (χ0v) is 12.3. The molecule has 0 N–H and O–H groups in total. The first kappa shape index (κ1) is 15.7. The van der Waals surface area contributed by atoms with Crippen molar-refractivity contribution in [3.8, 4) is 11.8 Å². The van der Waals surface area contributed by atoms with Gasteiger partial charge < -0.3 is 4.74 Å². The predicted molar refractivity (Wildman–Crippen MR) is 78.9 cm³/mol. The summed E-state index contributed by atoms with van der Waals surface area (Å²) in [7, 11) is 0. The molecule has 0 aliphatic heterocycles. The third-order valence-electron chi connectivity index (χ3n) is 2.78. The van der Waals surface area contributed by atoms with Gasteiger partial charge in [-0.05, 0) is 37.3 Å². The first-order valence-corrected chi connectivity index (χ1v) is 6.63. The Morgan fingerprint density at radius 2 is 2.18 bits per heavy atom. The normalized spacial score (nSPS) is 10.6. The number of aryl methyl sites for hydroxylation is 1. The first-order valence-electron chi connectivity index (χ1n) is 6.25. The molecule has 112 valence electrons. The highest BCUT2D eigenvalue weighted by Gasteiger charge is 2.13. The lowest BCUT2D eigenvalue weighted by atomic mass is 10.2. The highest BCUT2D eigenvalue weighted by molar-refractivity contribution is 6.31. The summed E-state index contributed by atoms with van der Waals surface area (Å²) in [5.41, 5.74) is 1.74. The Bertz CT molecular complexity index is 760. The number of carbonyl (C=O) groups excluding carboxylic acids is 1. The Balaban J connectivity index is 2.28. The van der Waals surface area contributed by atoms with Crippen molar-refractivity contribution < 1.29 is 13.9 Å². The summed E-state index contributed by atoms with van der Waals surface area (Å²) < 4.78 is 19.0. The average molecular weight is 320 g/mol. The quantitative estimate of drug-likeness (QED) is 0.641. The van der Waals surface area contributed by atoms with Gasteiger partial charge in [0.15, 0.2) is 6.61 Å². The summed E-state index contributed by atoms with van der Waals surface area (Å²) in [5.74, 6) is -1.00. The largest absolute Gasteiger partial charge is 0.447 e. The van der Waals surface area contributed by atoms with Crippen LogP contribution in [-0.2, 0) is 9.53 Å². The van der Waals surface area contributed by atoms with Crippen LogP contribution in [0.25, 0.3) is 11.8 Å². The standard InChI is InChI=1S/C15H11ClFN3O2/c1-10-13(6-7-14(21)22-9-8-18)15(16)20(19-10)12-4-2-11(17)3-5-12/h2-7H,9H2,1H3/b7-6+. The van der Waals surface area contributed by atoms with E-state index in [0.29, 0.717) is 16.9 Å². The number of hydrogen-bond donors (Lipinski definition) is 0. The molecule has 0 saturated carbocycles. The van der Waals surface area contributed by atoms with Gasteiger partial charge in [0.25, 0.3) is 0 Å². The summed E-state index contributed by atoms with van der Waals surface area (Å²) in [4.78, 5) is 11.3. The van der Waals surface area contributed by atoms with Crippen molar-refractivity contribution in [3.63, 3.8) is 0 Å². The van der Waals surface area contributed by atoms with Crippen molar-refractivity contribution in [2.75, 3.05) is 6.61 Å². The van der Waals surface area contributed by atoms with Gasteiger partial charge in [0.1, 0.15) is 17.0 Å². The lowest BCUT2D eigenvalue weighted by Crippen LogP contribution is -2.00. The Morgan fingerprint density at radius 1 is 1.50 bits per heavy atom. The van der Waals surface area contributed by atoms with Gasteiger partial charge >= 0.3 is 5.97 Å². The molecule has 1 aromatic carbocycles. The number of nitrogens with zero attached hydrogens (tertiary/aromatic N) is 3. The number of benzene rings is 1. The van der Waals surface area contributed by atoms with Gasteiger partial charge in [0.05, 0.1) is 11.4 Å². The molecule has 22 heavy (non-hydrogen) atoms. The minimum atomic E-state index is -0.647. The SMILES string of the molecule is Cc1nn(-c2ccc(F)cc2)c(Cl)c1/C=C/C(=O)OCC#N. The number of nitriles is 1. The van der Waals surface area contributed by atoms with Crippen LogP contribution in [-0.4, -0.2) is 22.4 Å². The Hall–Kier alpha value is -2.65. The van der Waals surface area contributed by atoms with Crippen LogP contribution in [0.5, 0.6) is 0 Å². The molecule has 0 atom stereocenters. The Kier molecular flexibility index (Phi) is 4.92. The van der Waals surface area contributed by atoms with Crippen LogP contribution in [0.4, 0.5) is 4.39 Å². The van der Waals surface area contributed by atoms with Crippen LogP contribution in [0.2, 0.25) is 5.15 Å². The number of halogens is 2. The Labute approximate surface area is 131 Å². The number of ether oxygens (including phenoxy) is 1. The summed E-state index contributed by atoms with van der Waals surface area (Å²) in [5, 5.41) is 12.9. The van der Waals surface area contributed by atoms with E-state index in [-0.39, 0.29) is 17.6 Å². The molecule has 0 amide bonds. The summed E-state index contributed by atoms with van der Waals surface area (Å²) >= 11 is 6.24. The van der Waals surface area contributed by atoms with Crippen molar-refractivity contribution >= 4 is 23.6 Å². The Morgan fingerprint density at radius 3 is 2.82 bits per heavy atom. The fourth-order valence-electron chi connectivity index (χ4n) is 1.76. The molecule has 1 heterocycles. The van der Waals surface area contributed by atoms with Crippen molar-refractivity contribution in [2.24, 2.45) is 0 Å². The molecule has 0 radical (unpaired) electrons. The van der Waals surface area contributed by atoms with E-state index in [1.807, 2.05) is 0 Å². The van der Waals surface area contributed by atoms with E-state index < -0.39 is 5.97 Å². The van der Waals surface area contributed by atoms with Gasteiger partial charge in [0.2, 0.25) is 0 Å². The van der Waals surface area contributed by atoms with Crippen LogP contribution >= 0.6 is 11.6 Å². The van der Waals surface area contributed by atoms with Crippen LogP contribution in [0.3, 0.4) is 0 Å². The molecule has 2 rings (SSSR count). The van der Waals surface area contributed by atoms with E-state index >= 15 is 0 Å². The number of carbonyl (C=O) groups is 1. The molecule has 2 aromatic rings. The van der Waals surface area contributed by atoms with Crippen molar-refractivity contribution in [2.45, 2.75) is 6.92 Å². The monoisotopic (exact) mass is 319 g/mol. The number of rotatable bonds is 4. The van der Waals surface area contributed by atoms with E-state index in [0.717, 1.165) is 0 Å². The van der Waals surface area contributed by atoms with Gasteiger partial charge in [-0.3, -0.25) is 0 Å². The molecule has 0 saturated heterocycles. The molecule has 5 nitrogen and oxygen atoms in total. The van der Waals surface area contributed by atoms with Gasteiger partial charge in [-0.1, -0.05) is 11.6 Å². The zero-order valence-electron chi connectivity index (χ0n) is 11.6. The molecule has 0 unspecified atom stereocenters. The highest BCUT2D eigenvalue weighted by Crippen LogP contribution is 2.24. The molecule has 7 heteroatoms. The minimum Gasteiger partial charge on any atom is -0.447 e. The third-order valence-corrected chi connectivity index (χ3v) is 3.15. The third kappa shape index (κ3) is 3.51. The molecule has 0 fully saturated rings. The van der Waals surface area contributed by atoms with Crippen LogP contribution < -0.4 is 0 Å². The van der Waals surface area contributed by atoms with Crippen molar-refractivity contribution in [3.05, 3.63) is 52.6 Å². The molecule has 0 aliphatic carbocycles.